The zero-order chi connectivity index (χ0) is 19.4. The molecule has 0 unspecified atom stereocenters. The second kappa shape index (κ2) is 8.42. The van der Waals surface area contributed by atoms with E-state index >= 15 is 0 Å². The Bertz CT molecular complexity index is 746. The lowest BCUT2D eigenvalue weighted by Gasteiger charge is -2.27. The first-order valence-corrected chi connectivity index (χ1v) is 9.33. The third-order valence-corrected chi connectivity index (χ3v) is 4.28. The fourth-order valence-electron chi connectivity index (χ4n) is 2.91. The summed E-state index contributed by atoms with van der Waals surface area (Å²) in [5, 5.41) is 2.91. The summed E-state index contributed by atoms with van der Waals surface area (Å²) < 4.78 is 1.37. The van der Waals surface area contributed by atoms with Crippen LogP contribution in [0.25, 0.3) is 0 Å². The molecule has 0 aliphatic heterocycles. The summed E-state index contributed by atoms with van der Waals surface area (Å²) in [5.74, 6) is 0.963. The molecule has 0 bridgehead atoms. The molecule has 1 saturated carbocycles. The highest BCUT2D eigenvalue weighted by atomic mass is 16.2. The Balaban J connectivity index is 2.31. The Hall–Kier alpha value is -2.25. The molecule has 1 aromatic rings. The van der Waals surface area contributed by atoms with Crippen molar-refractivity contribution in [2.45, 2.75) is 47.1 Å². The topological polar surface area (TPSA) is 113 Å². The van der Waals surface area contributed by atoms with Gasteiger partial charge in [0.05, 0.1) is 6.54 Å². The molecule has 1 heterocycles. The predicted octanol–water partition coefficient (Wildman–Crippen LogP) is 0.763. The number of nitrogens with zero attached hydrogens (tertiary/aromatic N) is 2. The smallest absolute Gasteiger partial charge is 0.330 e. The molecule has 0 aromatic carbocycles. The van der Waals surface area contributed by atoms with Gasteiger partial charge in [-0.05, 0) is 30.6 Å². The molecule has 1 aliphatic rings. The van der Waals surface area contributed by atoms with Crippen LogP contribution in [0.5, 0.6) is 0 Å². The fourth-order valence-corrected chi connectivity index (χ4v) is 2.91. The Morgan fingerprint density at radius 1 is 1.27 bits per heavy atom. The molecule has 8 nitrogen and oxygen atoms in total. The quantitative estimate of drug-likeness (QED) is 0.598. The number of amides is 1. The Morgan fingerprint density at radius 2 is 1.92 bits per heavy atom. The molecule has 8 heteroatoms. The Labute approximate surface area is 153 Å². The summed E-state index contributed by atoms with van der Waals surface area (Å²) in [4.78, 5) is 40.9. The van der Waals surface area contributed by atoms with Gasteiger partial charge in [0.15, 0.2) is 0 Å². The molecule has 1 aliphatic carbocycles. The molecule has 0 spiro atoms. The van der Waals surface area contributed by atoms with Crippen LogP contribution in [0.1, 0.15) is 40.5 Å². The zero-order valence-electron chi connectivity index (χ0n) is 16.2. The molecule has 0 radical (unpaired) electrons. The summed E-state index contributed by atoms with van der Waals surface area (Å²) in [7, 11) is 0. The van der Waals surface area contributed by atoms with Crippen molar-refractivity contribution in [2.24, 2.45) is 17.8 Å². The summed E-state index contributed by atoms with van der Waals surface area (Å²) >= 11 is 0. The first-order valence-electron chi connectivity index (χ1n) is 9.33. The largest absolute Gasteiger partial charge is 0.383 e. The number of nitrogen functional groups attached to an aromatic ring is 1. The second-order valence-corrected chi connectivity index (χ2v) is 8.02. The number of aromatic nitrogens is 2. The number of hydrogen-bond donors (Lipinski definition) is 3. The van der Waals surface area contributed by atoms with E-state index in [0.29, 0.717) is 25.6 Å². The number of carbonyl (C=O) groups excluding carboxylic acids is 1. The number of nitrogens with two attached hydrogens (primary N) is 1. The van der Waals surface area contributed by atoms with E-state index in [4.69, 9.17) is 5.73 Å². The van der Waals surface area contributed by atoms with Crippen LogP contribution in [-0.2, 0) is 11.3 Å². The molecule has 1 fully saturated rings. The lowest BCUT2D eigenvalue weighted by Crippen LogP contribution is -2.44. The Morgan fingerprint density at radius 3 is 2.46 bits per heavy atom. The highest BCUT2D eigenvalue weighted by Gasteiger charge is 2.24. The molecule has 26 heavy (non-hydrogen) atoms. The van der Waals surface area contributed by atoms with Crippen molar-refractivity contribution in [1.29, 1.82) is 0 Å². The molecular weight excluding hydrogens is 334 g/mol. The first-order chi connectivity index (χ1) is 12.2. The van der Waals surface area contributed by atoms with Gasteiger partial charge in [-0.25, -0.2) is 4.79 Å². The van der Waals surface area contributed by atoms with Gasteiger partial charge in [-0.1, -0.05) is 27.7 Å². The van der Waals surface area contributed by atoms with Crippen molar-refractivity contribution in [2.75, 3.05) is 30.3 Å². The molecule has 146 valence electrons. The van der Waals surface area contributed by atoms with E-state index in [0.717, 1.165) is 12.8 Å². The number of H-pyrrole nitrogens is 1. The van der Waals surface area contributed by atoms with Crippen LogP contribution in [0.2, 0.25) is 0 Å². The summed E-state index contributed by atoms with van der Waals surface area (Å²) in [5.41, 5.74) is 5.31. The highest BCUT2D eigenvalue weighted by molar-refractivity contribution is 5.82. The minimum absolute atomic E-state index is 0.0397. The normalized spacial score (nSPS) is 14.1. The van der Waals surface area contributed by atoms with Gasteiger partial charge in [-0.15, -0.1) is 0 Å². The lowest BCUT2D eigenvalue weighted by molar-refractivity contribution is -0.119. The van der Waals surface area contributed by atoms with E-state index in [1.165, 1.54) is 4.57 Å². The number of aromatic amines is 1. The number of carbonyl (C=O) groups is 1. The average molecular weight is 365 g/mol. The van der Waals surface area contributed by atoms with Crippen molar-refractivity contribution in [3.63, 3.8) is 0 Å². The number of hydrogen-bond acceptors (Lipinski definition) is 5. The maximum atomic E-state index is 12.5. The molecule has 2 rings (SSSR count). The van der Waals surface area contributed by atoms with Crippen molar-refractivity contribution in [3.05, 3.63) is 20.8 Å². The van der Waals surface area contributed by atoms with E-state index in [9.17, 15) is 14.4 Å². The van der Waals surface area contributed by atoms with E-state index in [-0.39, 0.29) is 35.8 Å². The third-order valence-electron chi connectivity index (χ3n) is 4.28. The first kappa shape index (κ1) is 20.1. The number of rotatable bonds is 9. The third kappa shape index (κ3) is 5.37. The maximum absolute atomic E-state index is 12.5. The summed E-state index contributed by atoms with van der Waals surface area (Å²) in [6.45, 7) is 9.54. The predicted molar refractivity (Wildman–Crippen MR) is 103 cm³/mol. The van der Waals surface area contributed by atoms with Gasteiger partial charge in [0, 0.05) is 19.6 Å². The fraction of sp³-hybridized carbons (Fsp3) is 0.722. The second-order valence-electron chi connectivity index (χ2n) is 8.02. The molecule has 0 atom stereocenters. The van der Waals surface area contributed by atoms with Crippen LogP contribution in [-0.4, -0.2) is 35.1 Å². The lowest BCUT2D eigenvalue weighted by atomic mass is 10.2. The van der Waals surface area contributed by atoms with Crippen molar-refractivity contribution in [3.8, 4) is 0 Å². The van der Waals surface area contributed by atoms with E-state index in [1.54, 1.807) is 4.90 Å². The maximum Gasteiger partial charge on any atom is 0.330 e. The SMILES string of the molecule is CC(C)CN(CC(=O)NCC1CC1)c1c(N)n(CC(C)C)c(=O)[nH]c1=O. The Kier molecular flexibility index (Phi) is 6.50. The van der Waals surface area contributed by atoms with Gasteiger partial charge in [0.1, 0.15) is 11.5 Å². The summed E-state index contributed by atoms with van der Waals surface area (Å²) in [6, 6.07) is 0. The van der Waals surface area contributed by atoms with Gasteiger partial charge < -0.3 is 16.0 Å². The van der Waals surface area contributed by atoms with Crippen LogP contribution >= 0.6 is 0 Å². The van der Waals surface area contributed by atoms with Gasteiger partial charge in [0.25, 0.3) is 5.56 Å². The minimum Gasteiger partial charge on any atom is -0.383 e. The van der Waals surface area contributed by atoms with Crippen molar-refractivity contribution in [1.82, 2.24) is 14.9 Å². The van der Waals surface area contributed by atoms with E-state index in [1.807, 2.05) is 27.7 Å². The number of nitrogens with one attached hydrogen (secondary N) is 2. The molecular formula is C18H31N5O3. The van der Waals surface area contributed by atoms with Gasteiger partial charge in [-0.2, -0.15) is 0 Å². The van der Waals surface area contributed by atoms with Crippen molar-refractivity contribution < 1.29 is 4.79 Å². The van der Waals surface area contributed by atoms with E-state index in [2.05, 4.69) is 10.3 Å². The molecule has 1 amide bonds. The molecule has 1 aromatic heterocycles. The standard InChI is InChI=1S/C18H31N5O3/c1-11(2)8-22(10-14(24)20-7-13-5-6-13)15-16(19)23(9-12(3)4)18(26)21-17(15)25/h11-13H,5-10,19H2,1-4H3,(H,20,24)(H,21,25,26). The molecule has 0 saturated heterocycles. The van der Waals surface area contributed by atoms with Crippen LogP contribution in [0, 0.1) is 17.8 Å². The number of anilines is 2. The van der Waals surface area contributed by atoms with Crippen LogP contribution in [0.15, 0.2) is 9.59 Å². The van der Waals surface area contributed by atoms with Crippen LogP contribution in [0.3, 0.4) is 0 Å². The van der Waals surface area contributed by atoms with Crippen LogP contribution in [0.4, 0.5) is 11.5 Å². The van der Waals surface area contributed by atoms with E-state index < -0.39 is 11.2 Å². The van der Waals surface area contributed by atoms with Gasteiger partial charge >= 0.3 is 5.69 Å². The zero-order valence-corrected chi connectivity index (χ0v) is 16.2. The van der Waals surface area contributed by atoms with Crippen LogP contribution < -0.4 is 27.2 Å². The monoisotopic (exact) mass is 365 g/mol. The average Bonchev–Trinajstić information content (AvgIpc) is 3.32. The minimum atomic E-state index is -0.553. The van der Waals surface area contributed by atoms with Crippen molar-refractivity contribution >= 4 is 17.4 Å². The van der Waals surface area contributed by atoms with Gasteiger partial charge in [-0.3, -0.25) is 19.1 Å². The van der Waals surface area contributed by atoms with Gasteiger partial charge in [0.2, 0.25) is 5.91 Å². The molecule has 4 N–H and O–H groups in total. The highest BCUT2D eigenvalue weighted by Crippen LogP contribution is 2.27. The summed E-state index contributed by atoms with van der Waals surface area (Å²) in [6.07, 6.45) is 2.31.